The molecule has 0 radical (unpaired) electrons. The van der Waals surface area contributed by atoms with Crippen molar-refractivity contribution in [3.63, 3.8) is 0 Å². The third-order valence-corrected chi connectivity index (χ3v) is 3.28. The van der Waals surface area contributed by atoms with Crippen molar-refractivity contribution in [2.45, 2.75) is 38.7 Å². The maximum atomic E-state index is 10.4. The molecular weight excluding hydrogens is 258 g/mol. The van der Waals surface area contributed by atoms with E-state index in [0.717, 1.165) is 12.1 Å². The second kappa shape index (κ2) is 6.85. The van der Waals surface area contributed by atoms with E-state index in [1.165, 1.54) is 0 Å². The molecule has 6 nitrogen and oxygen atoms in total. The topological polar surface area (TPSA) is 76.5 Å². The van der Waals surface area contributed by atoms with Crippen LogP contribution in [0.5, 0.6) is 5.88 Å². The first-order chi connectivity index (χ1) is 9.61. The normalized spacial score (nSPS) is 17.8. The molecule has 1 aliphatic rings. The van der Waals surface area contributed by atoms with Gasteiger partial charge in [-0.1, -0.05) is 6.92 Å². The lowest BCUT2D eigenvalue weighted by molar-refractivity contribution is -0.0544. The summed E-state index contributed by atoms with van der Waals surface area (Å²) in [7, 11) is 0. The van der Waals surface area contributed by atoms with Crippen LogP contribution >= 0.6 is 0 Å². The van der Waals surface area contributed by atoms with E-state index < -0.39 is 5.60 Å². The summed E-state index contributed by atoms with van der Waals surface area (Å²) < 4.78 is 10.8. The van der Waals surface area contributed by atoms with Gasteiger partial charge in [-0.05, 0) is 13.3 Å². The van der Waals surface area contributed by atoms with Crippen molar-refractivity contribution in [2.24, 2.45) is 0 Å². The zero-order valence-corrected chi connectivity index (χ0v) is 12.2. The van der Waals surface area contributed by atoms with Crippen LogP contribution in [0.25, 0.3) is 0 Å². The molecule has 0 bridgehead atoms. The average molecular weight is 281 g/mol. The largest absolute Gasteiger partial charge is 0.478 e. The predicted molar refractivity (Wildman–Crippen MR) is 76.0 cm³/mol. The van der Waals surface area contributed by atoms with Crippen LogP contribution in [0.3, 0.4) is 0 Å². The highest BCUT2D eigenvalue weighted by atomic mass is 16.5. The molecule has 1 fully saturated rings. The molecular formula is C14H23N3O3. The number of nitrogens with zero attached hydrogens (tertiary/aromatic N) is 2. The van der Waals surface area contributed by atoms with Gasteiger partial charge in [0.25, 0.3) is 0 Å². The molecule has 1 aromatic rings. The smallest absolute Gasteiger partial charge is 0.226 e. The molecule has 112 valence electrons. The molecule has 0 aromatic carbocycles. The monoisotopic (exact) mass is 281 g/mol. The van der Waals surface area contributed by atoms with Crippen molar-refractivity contribution < 1.29 is 14.6 Å². The molecule has 1 saturated heterocycles. The molecule has 0 saturated carbocycles. The van der Waals surface area contributed by atoms with Crippen LogP contribution in [-0.2, 0) is 4.74 Å². The Morgan fingerprint density at radius 1 is 1.40 bits per heavy atom. The first-order valence-corrected chi connectivity index (χ1v) is 7.14. The van der Waals surface area contributed by atoms with Crippen molar-refractivity contribution in [1.82, 2.24) is 9.97 Å². The molecule has 0 amide bonds. The van der Waals surface area contributed by atoms with Gasteiger partial charge in [0.05, 0.1) is 12.2 Å². The minimum absolute atomic E-state index is 0.424. The number of aliphatic hydroxyl groups is 1. The third-order valence-electron chi connectivity index (χ3n) is 3.28. The van der Waals surface area contributed by atoms with Crippen molar-refractivity contribution >= 4 is 5.95 Å². The number of ether oxygens (including phenoxy) is 2. The Kier molecular flexibility index (Phi) is 5.14. The second-order valence-corrected chi connectivity index (χ2v) is 5.21. The van der Waals surface area contributed by atoms with E-state index in [2.05, 4.69) is 15.3 Å². The minimum Gasteiger partial charge on any atom is -0.478 e. The summed E-state index contributed by atoms with van der Waals surface area (Å²) in [6, 6.07) is 1.81. The van der Waals surface area contributed by atoms with E-state index >= 15 is 0 Å². The lowest BCUT2D eigenvalue weighted by Crippen LogP contribution is -2.42. The maximum Gasteiger partial charge on any atom is 0.226 e. The SMILES string of the molecule is CCCOc1cc(C)nc(NCC2(O)CCOCC2)n1. The van der Waals surface area contributed by atoms with Gasteiger partial charge >= 0.3 is 0 Å². The van der Waals surface area contributed by atoms with Crippen molar-refractivity contribution in [3.05, 3.63) is 11.8 Å². The van der Waals surface area contributed by atoms with Crippen molar-refractivity contribution in [2.75, 3.05) is 31.7 Å². The Labute approximate surface area is 119 Å². The van der Waals surface area contributed by atoms with Gasteiger partial charge in [0.2, 0.25) is 11.8 Å². The van der Waals surface area contributed by atoms with Crippen molar-refractivity contribution in [3.8, 4) is 5.88 Å². The number of hydrogen-bond donors (Lipinski definition) is 2. The molecule has 2 N–H and O–H groups in total. The molecule has 6 heteroatoms. The van der Waals surface area contributed by atoms with Gasteiger partial charge in [-0.2, -0.15) is 4.98 Å². The zero-order chi connectivity index (χ0) is 14.4. The number of nitrogens with one attached hydrogen (secondary N) is 1. The highest BCUT2D eigenvalue weighted by Gasteiger charge is 2.29. The summed E-state index contributed by atoms with van der Waals surface area (Å²) in [6.45, 7) is 6.20. The molecule has 2 rings (SSSR count). The summed E-state index contributed by atoms with van der Waals surface area (Å²) in [5.41, 5.74) is 0.100. The molecule has 20 heavy (non-hydrogen) atoms. The fourth-order valence-corrected chi connectivity index (χ4v) is 2.07. The predicted octanol–water partition coefficient (Wildman–Crippen LogP) is 1.53. The number of aromatic nitrogens is 2. The van der Waals surface area contributed by atoms with Crippen molar-refractivity contribution in [1.29, 1.82) is 0 Å². The summed E-state index contributed by atoms with van der Waals surface area (Å²) in [4.78, 5) is 8.61. The first kappa shape index (κ1) is 15.0. The minimum atomic E-state index is -0.740. The van der Waals surface area contributed by atoms with Gasteiger partial charge in [0, 0.05) is 44.4 Å². The average Bonchev–Trinajstić information content (AvgIpc) is 2.43. The lowest BCUT2D eigenvalue weighted by atomic mass is 9.94. The van der Waals surface area contributed by atoms with Crippen LogP contribution in [0.15, 0.2) is 6.07 Å². The maximum absolute atomic E-state index is 10.4. The lowest BCUT2D eigenvalue weighted by Gasteiger charge is -2.32. The second-order valence-electron chi connectivity index (χ2n) is 5.21. The van der Waals surface area contributed by atoms with E-state index in [4.69, 9.17) is 9.47 Å². The van der Waals surface area contributed by atoms with Crippen LogP contribution in [0.1, 0.15) is 31.9 Å². The van der Waals surface area contributed by atoms with Gasteiger partial charge < -0.3 is 19.9 Å². The number of rotatable bonds is 6. The first-order valence-electron chi connectivity index (χ1n) is 7.14. The Morgan fingerprint density at radius 3 is 2.85 bits per heavy atom. The summed E-state index contributed by atoms with van der Waals surface area (Å²) in [5, 5.41) is 13.5. The Bertz CT molecular complexity index is 434. The summed E-state index contributed by atoms with van der Waals surface area (Å²) in [5.74, 6) is 1.07. The van der Waals surface area contributed by atoms with Crippen LogP contribution in [0, 0.1) is 6.92 Å². The van der Waals surface area contributed by atoms with E-state index in [-0.39, 0.29) is 0 Å². The summed E-state index contributed by atoms with van der Waals surface area (Å²) in [6.07, 6.45) is 2.20. The molecule has 0 aliphatic carbocycles. The molecule has 0 atom stereocenters. The van der Waals surface area contributed by atoms with Crippen LogP contribution in [0.2, 0.25) is 0 Å². The summed E-state index contributed by atoms with van der Waals surface area (Å²) >= 11 is 0. The fourth-order valence-electron chi connectivity index (χ4n) is 2.07. The molecule has 0 spiro atoms. The zero-order valence-electron chi connectivity index (χ0n) is 12.2. The van der Waals surface area contributed by atoms with E-state index in [0.29, 0.717) is 51.0 Å². The highest BCUT2D eigenvalue weighted by Crippen LogP contribution is 2.21. The molecule has 2 heterocycles. The van der Waals surface area contributed by atoms with Gasteiger partial charge in [0.1, 0.15) is 0 Å². The number of hydrogen-bond acceptors (Lipinski definition) is 6. The van der Waals surface area contributed by atoms with E-state index in [1.54, 1.807) is 0 Å². The fraction of sp³-hybridized carbons (Fsp3) is 0.714. The molecule has 0 unspecified atom stereocenters. The van der Waals surface area contributed by atoms with Gasteiger partial charge in [-0.3, -0.25) is 0 Å². The van der Waals surface area contributed by atoms with Gasteiger partial charge in [-0.15, -0.1) is 0 Å². The van der Waals surface area contributed by atoms with Gasteiger partial charge in [-0.25, -0.2) is 4.98 Å². The Hall–Kier alpha value is -1.40. The Morgan fingerprint density at radius 2 is 2.15 bits per heavy atom. The Balaban J connectivity index is 1.96. The van der Waals surface area contributed by atoms with E-state index in [9.17, 15) is 5.11 Å². The van der Waals surface area contributed by atoms with E-state index in [1.807, 2.05) is 19.9 Å². The number of anilines is 1. The van der Waals surface area contributed by atoms with Crippen LogP contribution in [0.4, 0.5) is 5.95 Å². The highest BCUT2D eigenvalue weighted by molar-refractivity contribution is 5.31. The number of aryl methyl sites for hydroxylation is 1. The standard InChI is InChI=1S/C14H23N3O3/c1-3-6-20-12-9-11(2)16-13(17-12)15-10-14(18)4-7-19-8-5-14/h9,18H,3-8,10H2,1-2H3,(H,15,16,17). The van der Waals surface area contributed by atoms with Crippen LogP contribution in [-0.4, -0.2) is 47.0 Å². The molecule has 1 aromatic heterocycles. The van der Waals surface area contributed by atoms with Gasteiger partial charge in [0.15, 0.2) is 0 Å². The molecule has 1 aliphatic heterocycles. The third kappa shape index (κ3) is 4.31. The van der Waals surface area contributed by atoms with Crippen LogP contribution < -0.4 is 10.1 Å². The quantitative estimate of drug-likeness (QED) is 0.823.